The number of benzene rings is 3. The molecule has 0 aliphatic heterocycles. The summed E-state index contributed by atoms with van der Waals surface area (Å²) >= 11 is 0. The Morgan fingerprint density at radius 1 is 0.778 bits per heavy atom. The van der Waals surface area contributed by atoms with Gasteiger partial charge in [0.2, 0.25) is 0 Å². The van der Waals surface area contributed by atoms with Crippen molar-refractivity contribution < 1.29 is 9.47 Å². The van der Waals surface area contributed by atoms with Crippen molar-refractivity contribution in [3.05, 3.63) is 95.1 Å². The van der Waals surface area contributed by atoms with E-state index in [1.165, 1.54) is 16.7 Å². The summed E-state index contributed by atoms with van der Waals surface area (Å²) in [5.41, 5.74) is 4.83. The van der Waals surface area contributed by atoms with E-state index in [4.69, 9.17) is 9.47 Å². The van der Waals surface area contributed by atoms with Crippen molar-refractivity contribution in [2.24, 2.45) is 0 Å². The first-order valence-electron chi connectivity index (χ1n) is 8.84. The molecule has 0 fully saturated rings. The number of rotatable bonds is 8. The summed E-state index contributed by atoms with van der Waals surface area (Å²) in [6.45, 7) is 4.25. The third-order valence-electron chi connectivity index (χ3n) is 4.29. The monoisotopic (exact) mass is 383 g/mol. The summed E-state index contributed by atoms with van der Waals surface area (Å²) in [5.74, 6) is 1.80. The smallest absolute Gasteiger partial charge is 0.123 e. The molecule has 0 amide bonds. The van der Waals surface area contributed by atoms with Gasteiger partial charge in [-0.1, -0.05) is 60.2 Å². The molecular formula is C23H26ClNO2. The van der Waals surface area contributed by atoms with E-state index < -0.39 is 0 Å². The predicted octanol–water partition coefficient (Wildman–Crippen LogP) is 5.29. The van der Waals surface area contributed by atoms with Crippen molar-refractivity contribution in [3.8, 4) is 11.5 Å². The highest BCUT2D eigenvalue weighted by Gasteiger charge is 2.02. The minimum absolute atomic E-state index is 0. The Morgan fingerprint density at radius 2 is 1.44 bits per heavy atom. The second-order valence-corrected chi connectivity index (χ2v) is 6.33. The topological polar surface area (TPSA) is 30.5 Å². The van der Waals surface area contributed by atoms with Gasteiger partial charge in [-0.2, -0.15) is 0 Å². The first-order chi connectivity index (χ1) is 12.7. The van der Waals surface area contributed by atoms with Crippen molar-refractivity contribution in [3.63, 3.8) is 0 Å². The van der Waals surface area contributed by atoms with Crippen LogP contribution >= 0.6 is 12.4 Å². The fraction of sp³-hybridized carbons (Fsp3) is 0.217. The molecule has 3 aromatic rings. The van der Waals surface area contributed by atoms with Crippen LogP contribution in [0.2, 0.25) is 0 Å². The Balaban J connectivity index is 0.00000261. The minimum atomic E-state index is 0. The van der Waals surface area contributed by atoms with Gasteiger partial charge in [0.15, 0.2) is 0 Å². The molecule has 0 bridgehead atoms. The zero-order chi connectivity index (χ0) is 18.2. The normalized spacial score (nSPS) is 10.1. The summed E-state index contributed by atoms with van der Waals surface area (Å²) in [5, 5.41) is 3.45. The van der Waals surface area contributed by atoms with E-state index in [9.17, 15) is 0 Å². The quantitative estimate of drug-likeness (QED) is 0.573. The van der Waals surface area contributed by atoms with Crippen LogP contribution < -0.4 is 14.8 Å². The Labute approximate surface area is 167 Å². The van der Waals surface area contributed by atoms with Crippen LogP contribution in [-0.2, 0) is 19.7 Å². The maximum atomic E-state index is 5.85. The highest BCUT2D eigenvalue weighted by Crippen LogP contribution is 2.18. The van der Waals surface area contributed by atoms with Gasteiger partial charge < -0.3 is 14.8 Å². The molecule has 4 heteroatoms. The molecule has 0 aliphatic carbocycles. The lowest BCUT2D eigenvalue weighted by Gasteiger charge is -2.10. The van der Waals surface area contributed by atoms with Gasteiger partial charge in [-0.15, -0.1) is 12.4 Å². The van der Waals surface area contributed by atoms with Crippen LogP contribution in [-0.4, -0.2) is 7.11 Å². The number of methoxy groups -OCH3 is 1. The lowest BCUT2D eigenvalue weighted by Crippen LogP contribution is -2.13. The number of aryl methyl sites for hydroxylation is 1. The predicted molar refractivity (Wildman–Crippen MR) is 113 cm³/mol. The van der Waals surface area contributed by atoms with Crippen molar-refractivity contribution in [1.29, 1.82) is 0 Å². The number of nitrogens with one attached hydrogen (secondary N) is 1. The number of hydrogen-bond acceptors (Lipinski definition) is 3. The van der Waals surface area contributed by atoms with Gasteiger partial charge >= 0.3 is 0 Å². The Hall–Kier alpha value is -2.49. The fourth-order valence-electron chi connectivity index (χ4n) is 2.75. The van der Waals surface area contributed by atoms with Gasteiger partial charge in [0, 0.05) is 18.7 Å². The molecule has 0 heterocycles. The summed E-state index contributed by atoms with van der Waals surface area (Å²) in [6, 6.07) is 24.7. The molecule has 0 aliphatic rings. The SMILES string of the molecule is COc1ccccc1CNCc1ccc(OCc2ccc(C)cc2)cc1.Cl. The number of halogens is 1. The van der Waals surface area contributed by atoms with Crippen molar-refractivity contribution in [2.45, 2.75) is 26.6 Å². The first kappa shape index (κ1) is 20.8. The van der Waals surface area contributed by atoms with E-state index in [2.05, 4.69) is 54.7 Å². The molecule has 3 rings (SSSR count). The molecule has 0 atom stereocenters. The minimum Gasteiger partial charge on any atom is -0.496 e. The second kappa shape index (κ2) is 10.6. The highest BCUT2D eigenvalue weighted by atomic mass is 35.5. The molecule has 142 valence electrons. The standard InChI is InChI=1S/C23H25NO2.ClH/c1-18-7-9-20(10-8-18)17-26-22-13-11-19(12-14-22)15-24-16-21-5-3-4-6-23(21)25-2;/h3-14,24H,15-17H2,1-2H3;1H. The van der Waals surface area contributed by atoms with Gasteiger partial charge in [-0.05, 0) is 36.2 Å². The summed E-state index contributed by atoms with van der Waals surface area (Å²) in [7, 11) is 1.70. The second-order valence-electron chi connectivity index (χ2n) is 6.33. The van der Waals surface area contributed by atoms with Gasteiger partial charge in [0.25, 0.3) is 0 Å². The molecule has 0 aromatic heterocycles. The van der Waals surface area contributed by atoms with Crippen LogP contribution in [0.5, 0.6) is 11.5 Å². The Morgan fingerprint density at radius 3 is 2.15 bits per heavy atom. The summed E-state index contributed by atoms with van der Waals surface area (Å²) in [4.78, 5) is 0. The third-order valence-corrected chi connectivity index (χ3v) is 4.29. The first-order valence-corrected chi connectivity index (χ1v) is 8.84. The van der Waals surface area contributed by atoms with Crippen LogP contribution in [0.4, 0.5) is 0 Å². The lowest BCUT2D eigenvalue weighted by molar-refractivity contribution is 0.306. The number of hydrogen-bond donors (Lipinski definition) is 1. The molecule has 0 radical (unpaired) electrons. The third kappa shape index (κ3) is 6.31. The highest BCUT2D eigenvalue weighted by molar-refractivity contribution is 5.85. The van der Waals surface area contributed by atoms with Crippen LogP contribution in [0.15, 0.2) is 72.8 Å². The van der Waals surface area contributed by atoms with Gasteiger partial charge in [0.05, 0.1) is 7.11 Å². The van der Waals surface area contributed by atoms with Crippen molar-refractivity contribution in [1.82, 2.24) is 5.32 Å². The van der Waals surface area contributed by atoms with E-state index in [1.807, 2.05) is 30.3 Å². The molecular weight excluding hydrogens is 358 g/mol. The maximum Gasteiger partial charge on any atom is 0.123 e. The Bertz CT molecular complexity index is 817. The average molecular weight is 384 g/mol. The van der Waals surface area contributed by atoms with Crippen molar-refractivity contribution in [2.75, 3.05) is 7.11 Å². The van der Waals surface area contributed by atoms with Crippen molar-refractivity contribution >= 4 is 12.4 Å². The zero-order valence-corrected chi connectivity index (χ0v) is 16.6. The van der Waals surface area contributed by atoms with Gasteiger partial charge in [-0.25, -0.2) is 0 Å². The largest absolute Gasteiger partial charge is 0.496 e. The molecule has 1 N–H and O–H groups in total. The van der Waals surface area contributed by atoms with E-state index in [0.717, 1.165) is 30.2 Å². The maximum absolute atomic E-state index is 5.85. The number of ether oxygens (including phenoxy) is 2. The number of para-hydroxylation sites is 1. The van der Waals surface area contributed by atoms with Gasteiger partial charge in [0.1, 0.15) is 18.1 Å². The van der Waals surface area contributed by atoms with Crippen LogP contribution in [0.3, 0.4) is 0 Å². The van der Waals surface area contributed by atoms with Crippen LogP contribution in [0.25, 0.3) is 0 Å². The average Bonchev–Trinajstić information content (AvgIpc) is 2.69. The molecule has 3 aromatic carbocycles. The molecule has 0 saturated heterocycles. The van der Waals surface area contributed by atoms with Gasteiger partial charge in [-0.3, -0.25) is 0 Å². The van der Waals surface area contributed by atoms with E-state index >= 15 is 0 Å². The lowest BCUT2D eigenvalue weighted by atomic mass is 10.1. The Kier molecular flexibility index (Phi) is 8.18. The zero-order valence-electron chi connectivity index (χ0n) is 15.8. The molecule has 27 heavy (non-hydrogen) atoms. The van der Waals surface area contributed by atoms with E-state index in [0.29, 0.717) is 6.61 Å². The molecule has 0 saturated carbocycles. The molecule has 0 unspecified atom stereocenters. The van der Waals surface area contributed by atoms with E-state index in [1.54, 1.807) is 7.11 Å². The van der Waals surface area contributed by atoms with E-state index in [-0.39, 0.29) is 12.4 Å². The molecule has 3 nitrogen and oxygen atoms in total. The summed E-state index contributed by atoms with van der Waals surface area (Å²) in [6.07, 6.45) is 0. The molecule has 0 spiro atoms. The fourth-order valence-corrected chi connectivity index (χ4v) is 2.75. The van der Waals surface area contributed by atoms with Crippen LogP contribution in [0, 0.1) is 6.92 Å². The van der Waals surface area contributed by atoms with Crippen LogP contribution in [0.1, 0.15) is 22.3 Å². The summed E-state index contributed by atoms with van der Waals surface area (Å²) < 4.78 is 11.2.